The molecule has 5 heteroatoms. The molecule has 1 fully saturated rings. The number of ether oxygens (including phenoxy) is 1. The first-order chi connectivity index (χ1) is 9.95. The van der Waals surface area contributed by atoms with Crippen molar-refractivity contribution in [2.75, 3.05) is 13.2 Å². The number of hydrogen-bond acceptors (Lipinski definition) is 3. The van der Waals surface area contributed by atoms with Gasteiger partial charge in [-0.15, -0.1) is 0 Å². The number of hydrogen-bond donors (Lipinski definition) is 1. The average Bonchev–Trinajstić information content (AvgIpc) is 3.18. The number of aryl methyl sites for hydroxylation is 2. The van der Waals surface area contributed by atoms with Crippen LogP contribution in [0.4, 0.5) is 0 Å². The van der Waals surface area contributed by atoms with Gasteiger partial charge < -0.3 is 14.7 Å². The maximum absolute atomic E-state index is 12.1. The minimum absolute atomic E-state index is 0.106. The highest BCUT2D eigenvalue weighted by atomic mass is 16.5. The summed E-state index contributed by atoms with van der Waals surface area (Å²) in [5.74, 6) is -0.369. The number of nitrogens with zero attached hydrogens (tertiary/aromatic N) is 1. The zero-order valence-corrected chi connectivity index (χ0v) is 12.5. The van der Waals surface area contributed by atoms with Gasteiger partial charge in [0.25, 0.3) is 0 Å². The molecule has 0 aliphatic heterocycles. The summed E-state index contributed by atoms with van der Waals surface area (Å²) in [6.45, 7) is 4.04. The standard InChI is InChI=1S/C16H21NO4/c1-11-7-12(2)9-14(8-11)21-6-5-15(18)17(10-16(19)20)13-3-4-13/h7-9,13H,3-6,10H2,1-2H3,(H,19,20). The fourth-order valence-electron chi connectivity index (χ4n) is 2.37. The van der Waals surface area contributed by atoms with Crippen LogP contribution in [-0.4, -0.2) is 41.1 Å². The summed E-state index contributed by atoms with van der Waals surface area (Å²) in [5.41, 5.74) is 2.23. The summed E-state index contributed by atoms with van der Waals surface area (Å²) in [5, 5.41) is 8.85. The molecule has 1 aromatic rings. The van der Waals surface area contributed by atoms with E-state index >= 15 is 0 Å². The summed E-state index contributed by atoms with van der Waals surface area (Å²) in [7, 11) is 0. The second-order valence-corrected chi connectivity index (χ2v) is 5.57. The Labute approximate surface area is 124 Å². The number of carboxylic acid groups (broad SMARTS) is 1. The van der Waals surface area contributed by atoms with E-state index in [0.717, 1.165) is 29.7 Å². The lowest BCUT2D eigenvalue weighted by molar-refractivity contribution is -0.145. The van der Waals surface area contributed by atoms with Crippen LogP contribution in [0.2, 0.25) is 0 Å². The number of rotatable bonds is 7. The Morgan fingerprint density at radius 1 is 1.24 bits per heavy atom. The van der Waals surface area contributed by atoms with Crippen LogP contribution in [0.3, 0.4) is 0 Å². The molecule has 0 unspecified atom stereocenters. The predicted molar refractivity (Wildman–Crippen MR) is 78.4 cm³/mol. The quantitative estimate of drug-likeness (QED) is 0.836. The zero-order chi connectivity index (χ0) is 15.4. The molecule has 0 bridgehead atoms. The van der Waals surface area contributed by atoms with Crippen LogP contribution in [-0.2, 0) is 9.59 Å². The minimum Gasteiger partial charge on any atom is -0.493 e. The number of amides is 1. The van der Waals surface area contributed by atoms with Crippen molar-refractivity contribution in [3.8, 4) is 5.75 Å². The van der Waals surface area contributed by atoms with E-state index in [0.29, 0.717) is 0 Å². The molecule has 114 valence electrons. The van der Waals surface area contributed by atoms with Gasteiger partial charge in [-0.25, -0.2) is 0 Å². The summed E-state index contributed by atoms with van der Waals surface area (Å²) >= 11 is 0. The molecule has 1 aliphatic carbocycles. The van der Waals surface area contributed by atoms with Crippen molar-refractivity contribution >= 4 is 11.9 Å². The number of aliphatic carboxylic acids is 1. The Kier molecular flexibility index (Phi) is 4.83. The molecule has 1 saturated carbocycles. The van der Waals surface area contributed by atoms with Crippen molar-refractivity contribution in [1.29, 1.82) is 0 Å². The monoisotopic (exact) mass is 291 g/mol. The van der Waals surface area contributed by atoms with E-state index in [1.807, 2.05) is 26.0 Å². The minimum atomic E-state index is -0.967. The second kappa shape index (κ2) is 6.61. The summed E-state index contributed by atoms with van der Waals surface area (Å²) in [4.78, 5) is 24.3. The van der Waals surface area contributed by atoms with E-state index in [1.165, 1.54) is 4.90 Å². The van der Waals surface area contributed by atoms with E-state index in [4.69, 9.17) is 9.84 Å². The molecule has 1 aromatic carbocycles. The topological polar surface area (TPSA) is 66.8 Å². The van der Waals surface area contributed by atoms with Gasteiger partial charge >= 0.3 is 5.97 Å². The molecular formula is C16H21NO4. The van der Waals surface area contributed by atoms with Crippen LogP contribution in [0, 0.1) is 13.8 Å². The highest BCUT2D eigenvalue weighted by molar-refractivity contribution is 5.82. The highest BCUT2D eigenvalue weighted by Gasteiger charge is 2.33. The molecule has 0 aromatic heterocycles. The zero-order valence-electron chi connectivity index (χ0n) is 12.5. The van der Waals surface area contributed by atoms with Crippen LogP contribution in [0.5, 0.6) is 5.75 Å². The summed E-state index contributed by atoms with van der Waals surface area (Å²) in [6.07, 6.45) is 2.00. The maximum Gasteiger partial charge on any atom is 0.323 e. The van der Waals surface area contributed by atoms with Gasteiger partial charge in [-0.2, -0.15) is 0 Å². The van der Waals surface area contributed by atoms with Gasteiger partial charge in [0.05, 0.1) is 13.0 Å². The van der Waals surface area contributed by atoms with Crippen LogP contribution in [0.1, 0.15) is 30.4 Å². The molecule has 0 radical (unpaired) electrons. The first-order valence-corrected chi connectivity index (χ1v) is 7.18. The number of carboxylic acids is 1. The van der Waals surface area contributed by atoms with Crippen LogP contribution in [0.15, 0.2) is 18.2 Å². The molecule has 0 spiro atoms. The van der Waals surface area contributed by atoms with E-state index in [1.54, 1.807) is 0 Å². The Morgan fingerprint density at radius 3 is 2.38 bits per heavy atom. The van der Waals surface area contributed by atoms with E-state index in [9.17, 15) is 9.59 Å². The van der Waals surface area contributed by atoms with Gasteiger partial charge in [-0.1, -0.05) is 6.07 Å². The average molecular weight is 291 g/mol. The van der Waals surface area contributed by atoms with Crippen molar-refractivity contribution in [1.82, 2.24) is 4.90 Å². The molecule has 1 amide bonds. The lowest BCUT2D eigenvalue weighted by Crippen LogP contribution is -2.38. The van der Waals surface area contributed by atoms with Crippen LogP contribution >= 0.6 is 0 Å². The third kappa shape index (κ3) is 4.77. The Morgan fingerprint density at radius 2 is 1.86 bits per heavy atom. The van der Waals surface area contributed by atoms with Gasteiger partial charge in [-0.3, -0.25) is 9.59 Å². The van der Waals surface area contributed by atoms with Gasteiger partial charge in [-0.05, 0) is 49.9 Å². The molecule has 5 nitrogen and oxygen atoms in total. The molecule has 21 heavy (non-hydrogen) atoms. The smallest absolute Gasteiger partial charge is 0.323 e. The van der Waals surface area contributed by atoms with E-state index in [-0.39, 0.29) is 31.5 Å². The van der Waals surface area contributed by atoms with Gasteiger partial charge in [0.2, 0.25) is 5.91 Å². The highest BCUT2D eigenvalue weighted by Crippen LogP contribution is 2.27. The fraction of sp³-hybridized carbons (Fsp3) is 0.500. The lowest BCUT2D eigenvalue weighted by Gasteiger charge is -2.20. The molecule has 1 N–H and O–H groups in total. The van der Waals surface area contributed by atoms with Crippen molar-refractivity contribution in [2.45, 2.75) is 39.2 Å². The largest absolute Gasteiger partial charge is 0.493 e. The molecular weight excluding hydrogens is 270 g/mol. The summed E-state index contributed by atoms with van der Waals surface area (Å²) in [6, 6.07) is 6.01. The van der Waals surface area contributed by atoms with Gasteiger partial charge in [0.15, 0.2) is 0 Å². The maximum atomic E-state index is 12.1. The lowest BCUT2D eigenvalue weighted by atomic mass is 10.1. The fourth-order valence-corrected chi connectivity index (χ4v) is 2.37. The van der Waals surface area contributed by atoms with Gasteiger partial charge in [0, 0.05) is 6.04 Å². The summed E-state index contributed by atoms with van der Waals surface area (Å²) < 4.78 is 5.60. The molecule has 0 heterocycles. The van der Waals surface area contributed by atoms with Crippen LogP contribution in [0.25, 0.3) is 0 Å². The van der Waals surface area contributed by atoms with E-state index < -0.39 is 5.97 Å². The Hall–Kier alpha value is -2.04. The third-order valence-electron chi connectivity index (χ3n) is 3.39. The Bertz CT molecular complexity index is 517. The van der Waals surface area contributed by atoms with Crippen molar-refractivity contribution in [3.63, 3.8) is 0 Å². The number of carbonyl (C=O) groups excluding carboxylic acids is 1. The van der Waals surface area contributed by atoms with Crippen molar-refractivity contribution in [3.05, 3.63) is 29.3 Å². The second-order valence-electron chi connectivity index (χ2n) is 5.57. The normalized spacial score (nSPS) is 13.8. The number of carbonyl (C=O) groups is 2. The van der Waals surface area contributed by atoms with Crippen LogP contribution < -0.4 is 4.74 Å². The third-order valence-corrected chi connectivity index (χ3v) is 3.39. The Balaban J connectivity index is 1.84. The molecule has 2 rings (SSSR count). The van der Waals surface area contributed by atoms with Gasteiger partial charge in [0.1, 0.15) is 12.3 Å². The SMILES string of the molecule is Cc1cc(C)cc(OCCC(=O)N(CC(=O)O)C2CC2)c1. The number of benzene rings is 1. The van der Waals surface area contributed by atoms with E-state index in [2.05, 4.69) is 6.07 Å². The molecule has 1 aliphatic rings. The molecule has 0 atom stereocenters. The first-order valence-electron chi connectivity index (χ1n) is 7.18. The van der Waals surface area contributed by atoms with Crippen molar-refractivity contribution in [2.24, 2.45) is 0 Å². The predicted octanol–water partition coefficient (Wildman–Crippen LogP) is 2.15. The first kappa shape index (κ1) is 15.4. The van der Waals surface area contributed by atoms with Crippen molar-refractivity contribution < 1.29 is 19.4 Å². The molecule has 0 saturated heterocycles.